The van der Waals surface area contributed by atoms with Gasteiger partial charge in [0.25, 0.3) is 17.4 Å². The molecule has 7 nitrogen and oxygen atoms in total. The van der Waals surface area contributed by atoms with E-state index in [1.54, 1.807) is 14.0 Å². The number of ether oxygens (including phenoxy) is 1. The van der Waals surface area contributed by atoms with Crippen molar-refractivity contribution in [3.63, 3.8) is 0 Å². The first-order valence-electron chi connectivity index (χ1n) is 12.9. The van der Waals surface area contributed by atoms with E-state index in [0.29, 0.717) is 32.6 Å². The summed E-state index contributed by atoms with van der Waals surface area (Å²) >= 11 is 0. The Morgan fingerprint density at radius 2 is 1.87 bits per heavy atom. The first kappa shape index (κ1) is 29.0. The van der Waals surface area contributed by atoms with Crippen molar-refractivity contribution in [2.75, 3.05) is 38.7 Å². The Bertz CT molecular complexity index is 1260. The minimum absolute atomic E-state index is 0.0192. The molecule has 2 saturated heterocycles. The van der Waals surface area contributed by atoms with Crippen molar-refractivity contribution in [2.24, 2.45) is 0 Å². The summed E-state index contributed by atoms with van der Waals surface area (Å²) in [6, 6.07) is 2.52. The molecule has 2 atom stereocenters. The van der Waals surface area contributed by atoms with Gasteiger partial charge in [-0.05, 0) is 57.4 Å². The van der Waals surface area contributed by atoms with E-state index in [0.717, 1.165) is 12.1 Å². The van der Waals surface area contributed by atoms with Gasteiger partial charge in [-0.25, -0.2) is 8.78 Å². The van der Waals surface area contributed by atoms with Crippen LogP contribution in [-0.2, 0) is 10.9 Å². The second kappa shape index (κ2) is 11.2. The molecule has 4 rings (SSSR count). The van der Waals surface area contributed by atoms with Crippen molar-refractivity contribution < 1.29 is 31.5 Å². The van der Waals surface area contributed by atoms with Gasteiger partial charge >= 0.3 is 6.18 Å². The lowest BCUT2D eigenvalue weighted by Crippen LogP contribution is -2.53. The van der Waals surface area contributed by atoms with Gasteiger partial charge < -0.3 is 24.8 Å². The molecule has 1 aromatic heterocycles. The number of nitrogens with one attached hydrogen (secondary N) is 2. The molecule has 0 bridgehead atoms. The lowest BCUT2D eigenvalue weighted by Gasteiger charge is -2.37. The van der Waals surface area contributed by atoms with Crippen molar-refractivity contribution >= 4 is 11.6 Å². The highest BCUT2D eigenvalue weighted by atomic mass is 19.4. The lowest BCUT2D eigenvalue weighted by atomic mass is 9.97. The zero-order valence-corrected chi connectivity index (χ0v) is 22.1. The standard InChI is InChI=1S/C27H33F5N4O3/c1-16-19(5-4-6-21(16)27(30,31)32)17(2)33-25(38)20-14-36(18-8-11-39-12-9-18)24(37)13-22(20)34-23-7-10-35(3)15-26(23,28)29/h4-6,13-14,17-18,23,34H,7-12,15H2,1-3H3,(H,33,38)/t17-,23?/m1/s1. The first-order chi connectivity index (χ1) is 18.3. The van der Waals surface area contributed by atoms with E-state index in [-0.39, 0.29) is 34.8 Å². The maximum atomic E-state index is 14.8. The second-order valence-corrected chi connectivity index (χ2v) is 10.4. The Kier molecular flexibility index (Phi) is 8.36. The summed E-state index contributed by atoms with van der Waals surface area (Å²) in [5.41, 5.74) is -1.07. The number of amides is 1. The number of aromatic nitrogens is 1. The van der Waals surface area contributed by atoms with E-state index < -0.39 is 47.8 Å². The van der Waals surface area contributed by atoms with Gasteiger partial charge in [0.05, 0.1) is 35.4 Å². The monoisotopic (exact) mass is 556 g/mol. The molecular formula is C27H33F5N4O3. The third-order valence-corrected chi connectivity index (χ3v) is 7.52. The summed E-state index contributed by atoms with van der Waals surface area (Å²) < 4.78 is 76.7. The van der Waals surface area contributed by atoms with Crippen LogP contribution in [0.5, 0.6) is 0 Å². The van der Waals surface area contributed by atoms with Gasteiger partial charge in [-0.1, -0.05) is 12.1 Å². The molecule has 0 saturated carbocycles. The second-order valence-electron chi connectivity index (χ2n) is 10.4. The fourth-order valence-electron chi connectivity index (χ4n) is 5.35. The summed E-state index contributed by atoms with van der Waals surface area (Å²) in [7, 11) is 1.59. The van der Waals surface area contributed by atoms with Gasteiger partial charge in [0.1, 0.15) is 0 Å². The number of rotatable bonds is 6. The fourth-order valence-corrected chi connectivity index (χ4v) is 5.35. The van der Waals surface area contributed by atoms with E-state index in [4.69, 9.17) is 4.74 Å². The minimum Gasteiger partial charge on any atom is -0.381 e. The third kappa shape index (κ3) is 6.43. The molecule has 3 heterocycles. The summed E-state index contributed by atoms with van der Waals surface area (Å²) in [4.78, 5) is 28.1. The molecule has 0 radical (unpaired) electrons. The van der Waals surface area contributed by atoms with Gasteiger partial charge in [-0.15, -0.1) is 0 Å². The number of likely N-dealkylation sites (tertiary alicyclic amines) is 1. The van der Waals surface area contributed by atoms with Gasteiger partial charge in [-0.3, -0.25) is 9.59 Å². The number of hydrogen-bond donors (Lipinski definition) is 2. The molecule has 1 amide bonds. The van der Waals surface area contributed by atoms with Crippen LogP contribution in [0.4, 0.5) is 27.6 Å². The van der Waals surface area contributed by atoms with E-state index in [9.17, 15) is 31.5 Å². The zero-order valence-electron chi connectivity index (χ0n) is 22.1. The largest absolute Gasteiger partial charge is 0.416 e. The molecule has 2 aromatic rings. The van der Waals surface area contributed by atoms with E-state index >= 15 is 0 Å². The molecule has 0 spiro atoms. The quantitative estimate of drug-likeness (QED) is 0.502. The Morgan fingerprint density at radius 1 is 1.18 bits per heavy atom. The number of anilines is 1. The van der Waals surface area contributed by atoms with Crippen LogP contribution >= 0.6 is 0 Å². The van der Waals surface area contributed by atoms with Crippen LogP contribution in [0.1, 0.15) is 65.3 Å². The molecule has 39 heavy (non-hydrogen) atoms. The van der Waals surface area contributed by atoms with Crippen molar-refractivity contribution in [3.8, 4) is 0 Å². The van der Waals surface area contributed by atoms with Crippen LogP contribution < -0.4 is 16.2 Å². The number of halogens is 5. The summed E-state index contributed by atoms with van der Waals surface area (Å²) in [6.07, 6.45) is -2.02. The molecule has 2 N–H and O–H groups in total. The molecule has 0 aliphatic carbocycles. The number of alkyl halides is 5. The molecule has 1 aromatic carbocycles. The normalized spacial score (nSPS) is 21.4. The van der Waals surface area contributed by atoms with E-state index in [1.807, 2.05) is 0 Å². The molecule has 2 fully saturated rings. The number of carbonyl (C=O) groups excluding carboxylic acids is 1. The van der Waals surface area contributed by atoms with Crippen LogP contribution in [0.25, 0.3) is 0 Å². The molecule has 214 valence electrons. The predicted molar refractivity (Wildman–Crippen MR) is 136 cm³/mol. The Hall–Kier alpha value is -2.99. The average molecular weight is 557 g/mol. The van der Waals surface area contributed by atoms with Gasteiger partial charge in [0, 0.05) is 38.1 Å². The van der Waals surface area contributed by atoms with Crippen molar-refractivity contribution in [2.45, 2.75) is 63.3 Å². The molecule has 12 heteroatoms. The highest BCUT2D eigenvalue weighted by Gasteiger charge is 2.44. The molecule has 1 unspecified atom stereocenters. The predicted octanol–water partition coefficient (Wildman–Crippen LogP) is 4.77. The SMILES string of the molecule is Cc1c([C@@H](C)NC(=O)c2cn(C3CCOCC3)c(=O)cc2NC2CCN(C)CC2(F)F)cccc1C(F)(F)F. The zero-order chi connectivity index (χ0) is 28.5. The average Bonchev–Trinajstić information content (AvgIpc) is 2.85. The van der Waals surface area contributed by atoms with Gasteiger partial charge in [0.2, 0.25) is 0 Å². The highest BCUT2D eigenvalue weighted by molar-refractivity contribution is 5.99. The number of benzene rings is 1. The third-order valence-electron chi connectivity index (χ3n) is 7.52. The number of hydrogen-bond acceptors (Lipinski definition) is 5. The topological polar surface area (TPSA) is 75.6 Å². The van der Waals surface area contributed by atoms with Crippen LogP contribution in [-0.4, -0.2) is 60.7 Å². The molecule has 2 aliphatic heterocycles. The first-order valence-corrected chi connectivity index (χ1v) is 12.9. The van der Waals surface area contributed by atoms with Crippen LogP contribution in [0.2, 0.25) is 0 Å². The molecule has 2 aliphatic rings. The maximum Gasteiger partial charge on any atom is 0.416 e. The van der Waals surface area contributed by atoms with Gasteiger partial charge in [0.15, 0.2) is 0 Å². The number of nitrogens with zero attached hydrogens (tertiary/aromatic N) is 2. The van der Waals surface area contributed by atoms with E-state index in [2.05, 4.69) is 10.6 Å². The van der Waals surface area contributed by atoms with Crippen LogP contribution in [0.15, 0.2) is 35.3 Å². The number of piperidine rings is 1. The Morgan fingerprint density at radius 3 is 2.51 bits per heavy atom. The summed E-state index contributed by atoms with van der Waals surface area (Å²) in [6.45, 7) is 3.68. The Balaban J connectivity index is 1.68. The van der Waals surface area contributed by atoms with E-state index in [1.165, 1.54) is 34.7 Å². The number of pyridine rings is 1. The lowest BCUT2D eigenvalue weighted by molar-refractivity contribution is -0.138. The number of carbonyl (C=O) groups is 1. The molecular weight excluding hydrogens is 523 g/mol. The van der Waals surface area contributed by atoms with Crippen molar-refractivity contribution in [3.05, 3.63) is 63.1 Å². The van der Waals surface area contributed by atoms with Crippen molar-refractivity contribution in [1.29, 1.82) is 0 Å². The summed E-state index contributed by atoms with van der Waals surface area (Å²) in [5.74, 6) is -3.81. The van der Waals surface area contributed by atoms with Crippen LogP contribution in [0.3, 0.4) is 0 Å². The minimum atomic E-state index is -4.56. The van der Waals surface area contributed by atoms with Gasteiger partial charge in [-0.2, -0.15) is 13.2 Å². The van der Waals surface area contributed by atoms with Crippen molar-refractivity contribution in [1.82, 2.24) is 14.8 Å². The highest BCUT2D eigenvalue weighted by Crippen LogP contribution is 2.35. The fraction of sp³-hybridized carbons (Fsp3) is 0.556. The maximum absolute atomic E-state index is 14.8. The summed E-state index contributed by atoms with van der Waals surface area (Å²) in [5, 5.41) is 5.45. The van der Waals surface area contributed by atoms with Crippen LogP contribution in [0, 0.1) is 6.92 Å². The Labute approximate surface area is 223 Å². The smallest absolute Gasteiger partial charge is 0.381 e.